The van der Waals surface area contributed by atoms with E-state index in [1.54, 1.807) is 44.2 Å². The maximum Gasteiger partial charge on any atom is 0.409 e. The van der Waals surface area contributed by atoms with Gasteiger partial charge in [0.1, 0.15) is 6.04 Å². The van der Waals surface area contributed by atoms with Gasteiger partial charge in [-0.1, -0.05) is 18.2 Å². The fraction of sp³-hybridized carbons (Fsp3) is 0.500. The Balaban J connectivity index is 1.61. The second-order valence-corrected chi connectivity index (χ2v) is 10.8. The molecule has 1 aliphatic carbocycles. The van der Waals surface area contributed by atoms with Gasteiger partial charge in [-0.05, 0) is 45.2 Å². The molecule has 3 N–H and O–H groups in total. The summed E-state index contributed by atoms with van der Waals surface area (Å²) >= 11 is 0. The average Bonchev–Trinajstić information content (AvgIpc) is 3.44. The first-order chi connectivity index (χ1) is 22.0. The number of piperazine rings is 1. The Morgan fingerprint density at radius 3 is 2.07 bits per heavy atom. The molecule has 3 amide bonds. The van der Waals surface area contributed by atoms with E-state index in [0.717, 1.165) is 6.42 Å². The number of para-hydroxylation sites is 1. The van der Waals surface area contributed by atoms with E-state index in [4.69, 9.17) is 14.2 Å². The van der Waals surface area contributed by atoms with Gasteiger partial charge in [0.25, 0.3) is 5.91 Å². The molecule has 4 rings (SSSR count). The molecule has 0 radical (unpaired) electrons. The molecule has 1 saturated heterocycles. The Morgan fingerprint density at radius 1 is 0.913 bits per heavy atom. The van der Waals surface area contributed by atoms with Gasteiger partial charge in [-0.25, -0.2) is 14.3 Å². The van der Waals surface area contributed by atoms with Crippen LogP contribution in [0.15, 0.2) is 36.4 Å². The summed E-state index contributed by atoms with van der Waals surface area (Å²) in [4.78, 5) is 78.3. The van der Waals surface area contributed by atoms with Crippen LogP contribution in [0.1, 0.15) is 50.0 Å². The van der Waals surface area contributed by atoms with Crippen molar-refractivity contribution in [2.24, 2.45) is 5.92 Å². The maximum atomic E-state index is 13.6. The lowest BCUT2D eigenvalue weighted by atomic mass is 9.80. The van der Waals surface area contributed by atoms with Crippen LogP contribution in [0.2, 0.25) is 0 Å². The third-order valence-electron chi connectivity index (χ3n) is 7.81. The molecule has 1 aromatic heterocycles. The molecular weight excluding hydrogens is 606 g/mol. The first-order valence-electron chi connectivity index (χ1n) is 15.0. The van der Waals surface area contributed by atoms with Gasteiger partial charge in [-0.15, -0.1) is 0 Å². The highest BCUT2D eigenvalue weighted by Gasteiger charge is 2.49. The highest BCUT2D eigenvalue weighted by atomic mass is 16.6. The molecule has 16 heteroatoms. The van der Waals surface area contributed by atoms with Crippen molar-refractivity contribution in [2.75, 3.05) is 39.4 Å². The number of carboxylic acids is 2. The standard InChI is InChI=1S/C30H37N5O11/c1-3-44-28(42)30(11-8-12-30)46-23-18-21(32-35(23)19-9-6-5-7-10-19)24(36)31-22(17-20(26(38)39)27(40)41)25(37)33-13-15-34(16-14-33)29(43)45-4-2/h5-7,9-10,18,20,22H,3-4,8,11-17H2,1-2H3,(H,31,36)(H,38,39)(H,40,41)/t22-/m0/s1. The van der Waals surface area contributed by atoms with Gasteiger partial charge < -0.3 is 39.5 Å². The lowest BCUT2D eigenvalue weighted by Crippen LogP contribution is -2.56. The summed E-state index contributed by atoms with van der Waals surface area (Å²) < 4.78 is 17.7. The van der Waals surface area contributed by atoms with E-state index in [9.17, 15) is 39.0 Å². The highest BCUT2D eigenvalue weighted by Crippen LogP contribution is 2.38. The van der Waals surface area contributed by atoms with Crippen molar-refractivity contribution in [3.05, 3.63) is 42.1 Å². The molecule has 0 spiro atoms. The summed E-state index contributed by atoms with van der Waals surface area (Å²) in [5.74, 6) is -7.48. The van der Waals surface area contributed by atoms with Crippen LogP contribution >= 0.6 is 0 Å². The number of aromatic nitrogens is 2. The zero-order valence-electron chi connectivity index (χ0n) is 25.5. The molecule has 1 aliphatic heterocycles. The number of rotatable bonds is 13. The molecular formula is C30H37N5O11. The number of carbonyl (C=O) groups is 6. The third kappa shape index (κ3) is 7.55. The van der Waals surface area contributed by atoms with Gasteiger partial charge in [0.15, 0.2) is 11.6 Å². The van der Waals surface area contributed by atoms with Crippen molar-refractivity contribution in [2.45, 2.75) is 51.2 Å². The monoisotopic (exact) mass is 643 g/mol. The highest BCUT2D eigenvalue weighted by molar-refractivity contribution is 5.98. The Hall–Kier alpha value is -5.15. The number of hydrogen-bond donors (Lipinski definition) is 3. The number of benzene rings is 1. The molecule has 46 heavy (non-hydrogen) atoms. The molecule has 1 aromatic carbocycles. The van der Waals surface area contributed by atoms with Crippen LogP contribution in [0.4, 0.5) is 4.79 Å². The molecule has 2 aliphatic rings. The van der Waals surface area contributed by atoms with Gasteiger partial charge in [0.05, 0.1) is 18.9 Å². The van der Waals surface area contributed by atoms with Gasteiger partial charge in [0, 0.05) is 38.7 Å². The second kappa shape index (κ2) is 14.8. The number of ether oxygens (including phenoxy) is 3. The Kier molecular flexibility index (Phi) is 10.8. The number of nitrogens with zero attached hydrogens (tertiary/aromatic N) is 4. The zero-order chi connectivity index (χ0) is 33.4. The summed E-state index contributed by atoms with van der Waals surface area (Å²) in [6.45, 7) is 4.00. The molecule has 2 fully saturated rings. The Morgan fingerprint density at radius 2 is 1.52 bits per heavy atom. The van der Waals surface area contributed by atoms with Crippen LogP contribution in [0, 0.1) is 5.92 Å². The molecule has 1 atom stereocenters. The van der Waals surface area contributed by atoms with Crippen LogP contribution in [0.25, 0.3) is 5.69 Å². The van der Waals surface area contributed by atoms with Crippen LogP contribution in [-0.2, 0) is 28.7 Å². The van der Waals surface area contributed by atoms with Gasteiger partial charge in [-0.2, -0.15) is 5.10 Å². The van der Waals surface area contributed by atoms with Crippen molar-refractivity contribution < 1.29 is 53.2 Å². The van der Waals surface area contributed by atoms with Gasteiger partial charge >= 0.3 is 24.0 Å². The number of aliphatic carboxylic acids is 2. The Labute approximate surface area is 264 Å². The molecule has 2 heterocycles. The number of amides is 3. The van der Waals surface area contributed by atoms with Crippen LogP contribution in [-0.4, -0.2) is 117 Å². The molecule has 248 valence electrons. The zero-order valence-corrected chi connectivity index (χ0v) is 25.5. The number of carboxylic acid groups (broad SMARTS) is 2. The number of hydrogen-bond acceptors (Lipinski definition) is 10. The van der Waals surface area contributed by atoms with Crippen molar-refractivity contribution >= 4 is 35.8 Å². The minimum absolute atomic E-state index is 0.0470. The van der Waals surface area contributed by atoms with Crippen molar-refractivity contribution in [3.63, 3.8) is 0 Å². The second-order valence-electron chi connectivity index (χ2n) is 10.8. The Bertz CT molecular complexity index is 1430. The fourth-order valence-corrected chi connectivity index (χ4v) is 5.15. The number of esters is 1. The van der Waals surface area contributed by atoms with Crippen LogP contribution in [0.5, 0.6) is 5.88 Å². The molecule has 16 nitrogen and oxygen atoms in total. The summed E-state index contributed by atoms with van der Waals surface area (Å²) in [7, 11) is 0. The quantitative estimate of drug-likeness (QED) is 0.209. The normalized spacial score (nSPS) is 16.2. The lowest BCUT2D eigenvalue weighted by Gasteiger charge is -2.38. The summed E-state index contributed by atoms with van der Waals surface area (Å²) in [6.07, 6.45) is 0.202. The largest absolute Gasteiger partial charge is 0.481 e. The van der Waals surface area contributed by atoms with Crippen molar-refractivity contribution in [3.8, 4) is 11.6 Å². The van der Waals surface area contributed by atoms with Gasteiger partial charge in [0.2, 0.25) is 17.4 Å². The fourth-order valence-electron chi connectivity index (χ4n) is 5.15. The predicted octanol–water partition coefficient (Wildman–Crippen LogP) is 1.31. The van der Waals surface area contributed by atoms with E-state index in [-0.39, 0.29) is 51.0 Å². The maximum absolute atomic E-state index is 13.6. The number of nitrogens with one attached hydrogen (secondary N) is 1. The third-order valence-corrected chi connectivity index (χ3v) is 7.81. The minimum Gasteiger partial charge on any atom is -0.481 e. The van der Waals surface area contributed by atoms with E-state index < -0.39 is 59.8 Å². The van der Waals surface area contributed by atoms with E-state index in [2.05, 4.69) is 10.4 Å². The SMILES string of the molecule is CCOC(=O)N1CCN(C(=O)[C@H](CC(C(=O)O)C(=O)O)NC(=O)c2cc(OC3(C(=O)OCC)CCC3)n(-c3ccccc3)n2)CC1. The first-order valence-corrected chi connectivity index (χ1v) is 15.0. The van der Waals surface area contributed by atoms with Crippen LogP contribution in [0.3, 0.4) is 0 Å². The van der Waals surface area contributed by atoms with E-state index in [1.165, 1.54) is 20.5 Å². The smallest absolute Gasteiger partial charge is 0.409 e. The van der Waals surface area contributed by atoms with E-state index in [1.807, 2.05) is 0 Å². The summed E-state index contributed by atoms with van der Waals surface area (Å²) in [5.41, 5.74) is -1.00. The van der Waals surface area contributed by atoms with Crippen molar-refractivity contribution in [1.29, 1.82) is 0 Å². The minimum atomic E-state index is -2.00. The average molecular weight is 644 g/mol. The molecule has 2 aromatic rings. The molecule has 1 saturated carbocycles. The molecule has 0 bridgehead atoms. The summed E-state index contributed by atoms with van der Waals surface area (Å²) in [5, 5.41) is 25.9. The summed E-state index contributed by atoms with van der Waals surface area (Å²) in [6, 6.07) is 8.36. The first kappa shape index (κ1) is 33.7. The van der Waals surface area contributed by atoms with Crippen LogP contribution < -0.4 is 10.1 Å². The van der Waals surface area contributed by atoms with E-state index >= 15 is 0 Å². The topological polar surface area (TPSA) is 207 Å². The number of carbonyl (C=O) groups excluding carboxylic acids is 4. The predicted molar refractivity (Wildman–Crippen MR) is 157 cm³/mol. The van der Waals surface area contributed by atoms with Gasteiger partial charge in [-0.3, -0.25) is 19.2 Å². The van der Waals surface area contributed by atoms with Crippen molar-refractivity contribution in [1.82, 2.24) is 24.9 Å². The van der Waals surface area contributed by atoms with E-state index in [0.29, 0.717) is 18.5 Å². The lowest BCUT2D eigenvalue weighted by molar-refractivity contribution is -0.170. The molecule has 0 unspecified atom stereocenters.